The molecular weight excluding hydrogens is 310 g/mol. The molecule has 1 aromatic rings. The lowest BCUT2D eigenvalue weighted by Gasteiger charge is -2.31. The van der Waals surface area contributed by atoms with Crippen molar-refractivity contribution in [1.29, 1.82) is 0 Å². The van der Waals surface area contributed by atoms with E-state index in [-0.39, 0.29) is 17.5 Å². The van der Waals surface area contributed by atoms with Gasteiger partial charge < -0.3 is 5.11 Å². The predicted molar refractivity (Wildman–Crippen MR) is 83.7 cm³/mol. The van der Waals surface area contributed by atoms with Crippen molar-refractivity contribution >= 4 is 21.6 Å². The van der Waals surface area contributed by atoms with Gasteiger partial charge in [0, 0.05) is 11.1 Å². The smallest absolute Gasteiger partial charge is 0.240 e. The summed E-state index contributed by atoms with van der Waals surface area (Å²) in [4.78, 5) is 0.154. The number of halogens is 1. The van der Waals surface area contributed by atoms with Crippen LogP contribution in [-0.4, -0.2) is 19.6 Å². The van der Waals surface area contributed by atoms with Gasteiger partial charge >= 0.3 is 0 Å². The highest BCUT2D eigenvalue weighted by Crippen LogP contribution is 2.29. The number of rotatable bonds is 4. The van der Waals surface area contributed by atoms with Gasteiger partial charge in [0.2, 0.25) is 10.0 Å². The first kappa shape index (κ1) is 16.7. The van der Waals surface area contributed by atoms with Crippen molar-refractivity contribution in [1.82, 2.24) is 4.72 Å². The molecule has 1 aliphatic rings. The highest BCUT2D eigenvalue weighted by molar-refractivity contribution is 7.89. The number of hydrogen-bond acceptors (Lipinski definition) is 3. The van der Waals surface area contributed by atoms with Crippen LogP contribution < -0.4 is 4.72 Å². The number of aliphatic hydroxyl groups excluding tert-OH is 1. The molecule has 1 saturated carbocycles. The molecule has 0 bridgehead atoms. The molecule has 1 aliphatic carbocycles. The van der Waals surface area contributed by atoms with Crippen molar-refractivity contribution in [2.45, 2.75) is 50.7 Å². The highest BCUT2D eigenvalue weighted by atomic mass is 35.5. The number of hydrogen-bond donors (Lipinski definition) is 2. The molecule has 0 radical (unpaired) electrons. The van der Waals surface area contributed by atoms with Gasteiger partial charge in [0.25, 0.3) is 0 Å². The van der Waals surface area contributed by atoms with Gasteiger partial charge in [0.15, 0.2) is 0 Å². The lowest BCUT2D eigenvalue weighted by molar-refractivity contribution is 0.257. The fourth-order valence-corrected chi connectivity index (χ4v) is 4.66. The number of sulfonamides is 1. The topological polar surface area (TPSA) is 66.4 Å². The van der Waals surface area contributed by atoms with Crippen LogP contribution in [0.25, 0.3) is 0 Å². The average Bonchev–Trinajstić information content (AvgIpc) is 2.37. The normalized spacial score (nSPS) is 26.8. The minimum absolute atomic E-state index is 0.0259. The van der Waals surface area contributed by atoms with E-state index in [4.69, 9.17) is 11.6 Å². The van der Waals surface area contributed by atoms with Gasteiger partial charge in [-0.15, -0.1) is 0 Å². The Morgan fingerprint density at radius 2 is 1.86 bits per heavy atom. The Hall–Kier alpha value is -0.620. The first-order valence-corrected chi connectivity index (χ1v) is 9.09. The third kappa shape index (κ3) is 4.19. The lowest BCUT2D eigenvalue weighted by atomic mass is 9.81. The zero-order valence-electron chi connectivity index (χ0n) is 12.3. The third-order valence-corrected chi connectivity index (χ3v) is 5.89. The van der Waals surface area contributed by atoms with Gasteiger partial charge in [-0.05, 0) is 54.9 Å². The molecule has 2 atom stereocenters. The molecule has 21 heavy (non-hydrogen) atoms. The zero-order chi connectivity index (χ0) is 15.6. The van der Waals surface area contributed by atoms with Crippen molar-refractivity contribution in [2.75, 3.05) is 0 Å². The predicted octanol–water partition coefficient (Wildman–Crippen LogP) is 2.94. The molecule has 4 nitrogen and oxygen atoms in total. The molecule has 2 unspecified atom stereocenters. The molecule has 118 valence electrons. The lowest BCUT2D eigenvalue weighted by Crippen LogP contribution is -2.40. The summed E-state index contributed by atoms with van der Waals surface area (Å²) >= 11 is 5.90. The summed E-state index contributed by atoms with van der Waals surface area (Å²) in [7, 11) is -3.58. The van der Waals surface area contributed by atoms with Crippen LogP contribution in [0, 0.1) is 11.8 Å². The maximum atomic E-state index is 12.5. The Morgan fingerprint density at radius 3 is 2.43 bits per heavy atom. The number of aliphatic hydroxyl groups is 1. The van der Waals surface area contributed by atoms with Gasteiger partial charge in [0.1, 0.15) is 0 Å². The maximum absolute atomic E-state index is 12.5. The van der Waals surface area contributed by atoms with Crippen molar-refractivity contribution in [2.24, 2.45) is 11.8 Å². The monoisotopic (exact) mass is 331 g/mol. The first-order chi connectivity index (χ1) is 9.81. The maximum Gasteiger partial charge on any atom is 0.240 e. The van der Waals surface area contributed by atoms with Gasteiger partial charge in [-0.2, -0.15) is 0 Å². The zero-order valence-corrected chi connectivity index (χ0v) is 13.9. The molecule has 0 spiro atoms. The summed E-state index contributed by atoms with van der Waals surface area (Å²) in [5, 5.41) is 9.57. The van der Waals surface area contributed by atoms with Crippen LogP contribution in [0.5, 0.6) is 0 Å². The first-order valence-electron chi connectivity index (χ1n) is 7.23. The second-order valence-electron chi connectivity index (χ2n) is 6.15. The van der Waals surface area contributed by atoms with Gasteiger partial charge in [-0.25, -0.2) is 13.1 Å². The van der Waals surface area contributed by atoms with Crippen molar-refractivity contribution in [3.63, 3.8) is 0 Å². The van der Waals surface area contributed by atoms with E-state index in [1.54, 1.807) is 0 Å². The van der Waals surface area contributed by atoms with E-state index in [1.165, 1.54) is 18.2 Å². The average molecular weight is 332 g/mol. The summed E-state index contributed by atoms with van der Waals surface area (Å²) in [6.07, 6.45) is 2.88. The molecule has 1 fully saturated rings. The third-order valence-electron chi connectivity index (χ3n) is 4.00. The van der Waals surface area contributed by atoms with Crippen LogP contribution in [0.15, 0.2) is 23.1 Å². The van der Waals surface area contributed by atoms with Crippen molar-refractivity contribution in [3.8, 4) is 0 Å². The van der Waals surface area contributed by atoms with Crippen LogP contribution >= 0.6 is 11.6 Å². The van der Waals surface area contributed by atoms with Crippen LogP contribution in [-0.2, 0) is 16.6 Å². The highest BCUT2D eigenvalue weighted by Gasteiger charge is 2.28. The molecule has 0 heterocycles. The molecule has 2 N–H and O–H groups in total. The van der Waals surface area contributed by atoms with E-state index in [2.05, 4.69) is 18.6 Å². The summed E-state index contributed by atoms with van der Waals surface area (Å²) in [5.41, 5.74) is 0.421. The van der Waals surface area contributed by atoms with Gasteiger partial charge in [-0.3, -0.25) is 0 Å². The van der Waals surface area contributed by atoms with Crippen molar-refractivity contribution < 1.29 is 13.5 Å². The van der Waals surface area contributed by atoms with Gasteiger partial charge in [-0.1, -0.05) is 25.4 Å². The second-order valence-corrected chi connectivity index (χ2v) is 8.27. The molecular formula is C15H22ClNO3S. The second kappa shape index (κ2) is 6.65. The Kier molecular flexibility index (Phi) is 5.30. The Bertz CT molecular complexity index is 593. The van der Waals surface area contributed by atoms with E-state index in [9.17, 15) is 13.5 Å². The molecule has 0 amide bonds. The van der Waals surface area contributed by atoms with Crippen LogP contribution in [0.2, 0.25) is 5.02 Å². The molecule has 6 heteroatoms. The fraction of sp³-hybridized carbons (Fsp3) is 0.600. The molecule has 0 aromatic heterocycles. The van der Waals surface area contributed by atoms with E-state index >= 15 is 0 Å². The SMILES string of the molecule is CC1CC(C)CC(NS(=O)(=O)c2ccc(Cl)c(CO)c2)C1. The molecule has 0 saturated heterocycles. The fourth-order valence-electron chi connectivity index (χ4n) is 3.17. The summed E-state index contributed by atoms with van der Waals surface area (Å²) in [6, 6.07) is 4.38. The van der Waals surface area contributed by atoms with Crippen LogP contribution in [0.1, 0.15) is 38.7 Å². The molecule has 0 aliphatic heterocycles. The summed E-state index contributed by atoms with van der Waals surface area (Å²) in [5.74, 6) is 1.05. The quantitative estimate of drug-likeness (QED) is 0.891. The van der Waals surface area contributed by atoms with E-state index in [1.807, 2.05) is 0 Å². The van der Waals surface area contributed by atoms with E-state index in [0.29, 0.717) is 22.4 Å². The molecule has 2 rings (SSSR count). The van der Waals surface area contributed by atoms with Crippen LogP contribution in [0.3, 0.4) is 0 Å². The number of nitrogens with one attached hydrogen (secondary N) is 1. The van der Waals surface area contributed by atoms with E-state index < -0.39 is 10.0 Å². The minimum Gasteiger partial charge on any atom is -0.392 e. The standard InChI is InChI=1S/C15H22ClNO3S/c1-10-5-11(2)7-13(6-10)17-21(19,20)14-3-4-15(16)12(8-14)9-18/h3-4,8,10-11,13,17-18H,5-7,9H2,1-2H3. The van der Waals surface area contributed by atoms with Gasteiger partial charge in [0.05, 0.1) is 11.5 Å². The minimum atomic E-state index is -3.58. The number of benzene rings is 1. The Morgan fingerprint density at radius 1 is 1.24 bits per heavy atom. The van der Waals surface area contributed by atoms with E-state index in [0.717, 1.165) is 19.3 Å². The largest absolute Gasteiger partial charge is 0.392 e. The van der Waals surface area contributed by atoms with Crippen molar-refractivity contribution in [3.05, 3.63) is 28.8 Å². The molecule has 1 aromatic carbocycles. The summed E-state index contributed by atoms with van der Waals surface area (Å²) in [6.45, 7) is 4.03. The summed E-state index contributed by atoms with van der Waals surface area (Å²) < 4.78 is 27.7. The Balaban J connectivity index is 2.18. The van der Waals surface area contributed by atoms with Crippen LogP contribution in [0.4, 0.5) is 0 Å². The Labute approximate surface area is 131 Å².